The molecule has 4 heteroatoms. The molecule has 0 saturated heterocycles. The van der Waals surface area contributed by atoms with Gasteiger partial charge in [0.15, 0.2) is 0 Å². The van der Waals surface area contributed by atoms with Gasteiger partial charge in [0, 0.05) is 16.8 Å². The molecule has 24 heavy (non-hydrogen) atoms. The molecule has 2 aliphatic carbocycles. The fraction of sp³-hybridized carbons (Fsp3) is 0.350. The van der Waals surface area contributed by atoms with Gasteiger partial charge in [0.05, 0.1) is 13.5 Å². The standard InChI is InChI=1S/C20H22FNO2/c1-13-12-20(2)14(4-5-15(20)11-19(23)24-3)10-18(13)22-17-8-6-16(21)7-9-17/h5-10,22H,4,11-12H2,1-3H3. The molecular formula is C20H22FNO2. The van der Waals surface area contributed by atoms with Crippen LogP contribution in [0.1, 0.15) is 33.1 Å². The van der Waals surface area contributed by atoms with Crippen LogP contribution in [0.25, 0.3) is 0 Å². The van der Waals surface area contributed by atoms with Gasteiger partial charge in [-0.2, -0.15) is 0 Å². The van der Waals surface area contributed by atoms with Crippen molar-refractivity contribution in [2.45, 2.75) is 33.1 Å². The molecular weight excluding hydrogens is 305 g/mol. The third kappa shape index (κ3) is 3.01. The number of hydrogen-bond donors (Lipinski definition) is 1. The van der Waals surface area contributed by atoms with E-state index >= 15 is 0 Å². The molecule has 126 valence electrons. The summed E-state index contributed by atoms with van der Waals surface area (Å²) in [6, 6.07) is 6.36. The van der Waals surface area contributed by atoms with Crippen molar-refractivity contribution in [1.82, 2.24) is 0 Å². The Morgan fingerprint density at radius 3 is 2.71 bits per heavy atom. The van der Waals surface area contributed by atoms with E-state index < -0.39 is 0 Å². The molecule has 1 atom stereocenters. The molecule has 3 rings (SSSR count). The molecule has 1 N–H and O–H groups in total. The fourth-order valence-corrected chi connectivity index (χ4v) is 3.58. The summed E-state index contributed by atoms with van der Waals surface area (Å²) in [5, 5.41) is 3.38. The third-order valence-electron chi connectivity index (χ3n) is 5.07. The lowest BCUT2D eigenvalue weighted by Gasteiger charge is -2.35. The summed E-state index contributed by atoms with van der Waals surface area (Å²) in [5.41, 5.74) is 5.49. The van der Waals surface area contributed by atoms with E-state index in [1.807, 2.05) is 0 Å². The molecule has 0 spiro atoms. The number of fused-ring (bicyclic) bond motifs is 1. The molecule has 1 aromatic rings. The van der Waals surface area contributed by atoms with E-state index in [0.29, 0.717) is 6.42 Å². The Balaban J connectivity index is 1.81. The number of carbonyl (C=O) groups is 1. The Morgan fingerprint density at radius 1 is 1.33 bits per heavy atom. The van der Waals surface area contributed by atoms with E-state index in [4.69, 9.17) is 4.74 Å². The summed E-state index contributed by atoms with van der Waals surface area (Å²) < 4.78 is 17.9. The van der Waals surface area contributed by atoms with Crippen LogP contribution in [-0.2, 0) is 9.53 Å². The van der Waals surface area contributed by atoms with E-state index in [1.165, 1.54) is 30.4 Å². The molecule has 0 fully saturated rings. The second-order valence-electron chi connectivity index (χ2n) is 6.69. The average molecular weight is 327 g/mol. The third-order valence-corrected chi connectivity index (χ3v) is 5.07. The first kappa shape index (κ1) is 16.5. The first-order chi connectivity index (χ1) is 11.4. The first-order valence-corrected chi connectivity index (χ1v) is 8.12. The van der Waals surface area contributed by atoms with Crippen molar-refractivity contribution in [2.24, 2.45) is 5.41 Å². The molecule has 0 bridgehead atoms. The number of halogens is 1. The van der Waals surface area contributed by atoms with Gasteiger partial charge in [-0.05, 0) is 55.7 Å². The Hall–Kier alpha value is -2.36. The Morgan fingerprint density at radius 2 is 2.04 bits per heavy atom. The van der Waals surface area contributed by atoms with Crippen molar-refractivity contribution in [3.8, 4) is 0 Å². The highest BCUT2D eigenvalue weighted by molar-refractivity contribution is 5.74. The highest BCUT2D eigenvalue weighted by atomic mass is 19.1. The number of benzene rings is 1. The number of esters is 1. The van der Waals surface area contributed by atoms with Gasteiger partial charge in [-0.1, -0.05) is 24.1 Å². The molecule has 2 aliphatic rings. The molecule has 0 heterocycles. The molecule has 0 amide bonds. The quantitative estimate of drug-likeness (QED) is 0.641. The minimum absolute atomic E-state index is 0.105. The minimum Gasteiger partial charge on any atom is -0.469 e. The number of carbonyl (C=O) groups excluding carboxylic acids is 1. The Bertz CT molecular complexity index is 758. The molecule has 0 aromatic heterocycles. The normalized spacial score (nSPS) is 22.7. The predicted molar refractivity (Wildman–Crippen MR) is 92.9 cm³/mol. The van der Waals surface area contributed by atoms with E-state index in [-0.39, 0.29) is 17.2 Å². The molecule has 0 radical (unpaired) electrons. The summed E-state index contributed by atoms with van der Waals surface area (Å²) in [5.74, 6) is -0.436. The first-order valence-electron chi connectivity index (χ1n) is 8.12. The number of methoxy groups -OCH3 is 1. The lowest BCUT2D eigenvalue weighted by atomic mass is 9.70. The van der Waals surface area contributed by atoms with E-state index in [2.05, 4.69) is 31.3 Å². The highest BCUT2D eigenvalue weighted by Gasteiger charge is 2.40. The van der Waals surface area contributed by atoms with Gasteiger partial charge in [-0.15, -0.1) is 0 Å². The van der Waals surface area contributed by atoms with Crippen molar-refractivity contribution in [3.63, 3.8) is 0 Å². The van der Waals surface area contributed by atoms with Crippen molar-refractivity contribution >= 4 is 11.7 Å². The lowest BCUT2D eigenvalue weighted by Crippen LogP contribution is -2.25. The van der Waals surface area contributed by atoms with Gasteiger partial charge >= 0.3 is 5.97 Å². The van der Waals surface area contributed by atoms with E-state index in [1.54, 1.807) is 12.1 Å². The number of rotatable bonds is 4. The van der Waals surface area contributed by atoms with Gasteiger partial charge in [-0.25, -0.2) is 4.39 Å². The smallest absolute Gasteiger partial charge is 0.309 e. The maximum atomic E-state index is 13.0. The van der Waals surface area contributed by atoms with Crippen LogP contribution in [0.3, 0.4) is 0 Å². The molecule has 3 nitrogen and oxygen atoms in total. The zero-order chi connectivity index (χ0) is 17.3. The minimum atomic E-state index is -0.242. The number of nitrogens with one attached hydrogen (secondary N) is 1. The summed E-state index contributed by atoms with van der Waals surface area (Å²) in [4.78, 5) is 11.7. The second-order valence-corrected chi connectivity index (χ2v) is 6.69. The van der Waals surface area contributed by atoms with Crippen LogP contribution in [0.4, 0.5) is 10.1 Å². The zero-order valence-electron chi connectivity index (χ0n) is 14.3. The van der Waals surface area contributed by atoms with Gasteiger partial charge in [0.25, 0.3) is 0 Å². The Kier molecular flexibility index (Phi) is 4.31. The number of allylic oxidation sites excluding steroid dienone is 4. The highest BCUT2D eigenvalue weighted by Crippen LogP contribution is 2.52. The number of ether oxygens (including phenoxy) is 1. The van der Waals surface area contributed by atoms with Crippen LogP contribution in [0, 0.1) is 11.2 Å². The zero-order valence-corrected chi connectivity index (χ0v) is 14.3. The van der Waals surface area contributed by atoms with Crippen LogP contribution < -0.4 is 5.32 Å². The SMILES string of the molecule is COC(=O)CC1=CCC2=CC(Nc3ccc(F)cc3)=C(C)CC21C. The summed E-state index contributed by atoms with van der Waals surface area (Å²) >= 11 is 0. The second kappa shape index (κ2) is 6.27. The van der Waals surface area contributed by atoms with E-state index in [0.717, 1.165) is 29.8 Å². The lowest BCUT2D eigenvalue weighted by molar-refractivity contribution is -0.140. The van der Waals surface area contributed by atoms with Gasteiger partial charge in [-0.3, -0.25) is 4.79 Å². The maximum Gasteiger partial charge on any atom is 0.309 e. The summed E-state index contributed by atoms with van der Waals surface area (Å²) in [7, 11) is 1.42. The topological polar surface area (TPSA) is 38.3 Å². The van der Waals surface area contributed by atoms with Crippen LogP contribution >= 0.6 is 0 Å². The van der Waals surface area contributed by atoms with Crippen LogP contribution in [0.2, 0.25) is 0 Å². The van der Waals surface area contributed by atoms with Gasteiger partial charge in [0.1, 0.15) is 5.82 Å². The van der Waals surface area contributed by atoms with Crippen LogP contribution in [-0.4, -0.2) is 13.1 Å². The van der Waals surface area contributed by atoms with Gasteiger partial charge in [0.2, 0.25) is 0 Å². The van der Waals surface area contributed by atoms with Crippen molar-refractivity contribution in [2.75, 3.05) is 12.4 Å². The number of anilines is 1. The van der Waals surface area contributed by atoms with Crippen LogP contribution in [0.5, 0.6) is 0 Å². The van der Waals surface area contributed by atoms with Crippen LogP contribution in [0.15, 0.2) is 58.8 Å². The van der Waals surface area contributed by atoms with E-state index in [9.17, 15) is 9.18 Å². The Labute approximate surface area is 141 Å². The van der Waals surface area contributed by atoms with Crippen molar-refractivity contribution in [1.29, 1.82) is 0 Å². The number of hydrogen-bond acceptors (Lipinski definition) is 3. The van der Waals surface area contributed by atoms with Crippen molar-refractivity contribution in [3.05, 3.63) is 64.7 Å². The summed E-state index contributed by atoms with van der Waals surface area (Å²) in [6.45, 7) is 4.29. The molecule has 1 unspecified atom stereocenters. The van der Waals surface area contributed by atoms with Crippen molar-refractivity contribution < 1.29 is 13.9 Å². The fourth-order valence-electron chi connectivity index (χ4n) is 3.58. The maximum absolute atomic E-state index is 13.0. The van der Waals surface area contributed by atoms with Gasteiger partial charge < -0.3 is 10.1 Å². The average Bonchev–Trinajstić information content (AvgIpc) is 2.85. The summed E-state index contributed by atoms with van der Waals surface area (Å²) in [6.07, 6.45) is 6.38. The monoisotopic (exact) mass is 327 g/mol. The molecule has 1 aromatic carbocycles. The molecule has 0 saturated carbocycles. The predicted octanol–water partition coefficient (Wildman–Crippen LogP) is 4.74. The molecule has 0 aliphatic heterocycles. The largest absolute Gasteiger partial charge is 0.469 e.